The number of quaternary nitrogens is 1. The molecule has 0 saturated carbocycles. The van der Waals surface area contributed by atoms with Crippen LogP contribution in [-0.4, -0.2) is 38.6 Å². The molecule has 1 aromatic rings. The Morgan fingerprint density at radius 3 is 2.40 bits per heavy atom. The minimum absolute atomic E-state index is 0.797. The molecular formula is C16H25ClNOS+. The Labute approximate surface area is 131 Å². The normalized spacial score (nSPS) is 17.1. The summed E-state index contributed by atoms with van der Waals surface area (Å²) in [5, 5.41) is 0.797. The van der Waals surface area contributed by atoms with Gasteiger partial charge in [-0.3, -0.25) is 0 Å². The summed E-state index contributed by atoms with van der Waals surface area (Å²) in [4.78, 5) is 2.99. The van der Waals surface area contributed by atoms with Crippen molar-refractivity contribution in [2.75, 3.05) is 38.6 Å². The monoisotopic (exact) mass is 314 g/mol. The van der Waals surface area contributed by atoms with Crippen LogP contribution in [0.2, 0.25) is 5.02 Å². The average Bonchev–Trinajstić information content (AvgIpc) is 2.73. The van der Waals surface area contributed by atoms with E-state index in [1.54, 1.807) is 4.90 Å². The molecule has 1 aliphatic rings. The molecule has 0 spiro atoms. The van der Waals surface area contributed by atoms with Crippen LogP contribution in [0, 0.1) is 0 Å². The summed E-state index contributed by atoms with van der Waals surface area (Å²) in [7, 11) is 0. The van der Waals surface area contributed by atoms with Gasteiger partial charge in [0.05, 0.1) is 26.3 Å². The summed E-state index contributed by atoms with van der Waals surface area (Å²) >= 11 is 7.69. The van der Waals surface area contributed by atoms with Gasteiger partial charge in [-0.25, -0.2) is 0 Å². The molecule has 0 aromatic heterocycles. The van der Waals surface area contributed by atoms with Gasteiger partial charge in [0.25, 0.3) is 0 Å². The number of halogens is 1. The quantitative estimate of drug-likeness (QED) is 0.614. The van der Waals surface area contributed by atoms with Crippen molar-refractivity contribution in [3.63, 3.8) is 0 Å². The van der Waals surface area contributed by atoms with Crippen LogP contribution >= 0.6 is 23.4 Å². The maximum Gasteiger partial charge on any atom is 0.101 e. The highest BCUT2D eigenvalue weighted by Crippen LogP contribution is 2.19. The Morgan fingerprint density at radius 1 is 1.00 bits per heavy atom. The molecule has 0 amide bonds. The minimum Gasteiger partial charge on any atom is -0.375 e. The van der Waals surface area contributed by atoms with Crippen molar-refractivity contribution >= 4 is 23.4 Å². The Kier molecular flexibility index (Phi) is 7.81. The van der Waals surface area contributed by atoms with Gasteiger partial charge in [0.15, 0.2) is 0 Å². The molecule has 2 nitrogen and oxygen atoms in total. The van der Waals surface area contributed by atoms with E-state index in [2.05, 4.69) is 12.1 Å². The van der Waals surface area contributed by atoms with Crippen LogP contribution in [0.5, 0.6) is 0 Å². The molecule has 0 radical (unpaired) electrons. The van der Waals surface area contributed by atoms with Crippen molar-refractivity contribution < 1.29 is 9.64 Å². The third-order valence-corrected chi connectivity index (χ3v) is 4.95. The fourth-order valence-corrected chi connectivity index (χ4v) is 3.44. The maximum atomic E-state index is 5.86. The van der Waals surface area contributed by atoms with Gasteiger partial charge in [0, 0.05) is 15.7 Å². The van der Waals surface area contributed by atoms with Gasteiger partial charge >= 0.3 is 0 Å². The number of thioether (sulfide) groups is 1. The number of hydrogen-bond donors (Lipinski definition) is 1. The standard InChI is InChI=1S/C16H24ClNOS/c17-15-5-7-16(8-6-15)20-14-13-19-12-11-18-9-3-1-2-4-10-18/h5-8H,1-4,9-14H2/p+1. The molecular weight excluding hydrogens is 290 g/mol. The van der Waals surface area contributed by atoms with Crippen molar-refractivity contribution in [2.24, 2.45) is 0 Å². The fraction of sp³-hybridized carbons (Fsp3) is 0.625. The first-order valence-corrected chi connectivity index (χ1v) is 9.00. The number of nitrogens with one attached hydrogen (secondary N) is 1. The number of benzene rings is 1. The highest BCUT2D eigenvalue weighted by molar-refractivity contribution is 7.99. The molecule has 1 fully saturated rings. The van der Waals surface area contributed by atoms with Crippen molar-refractivity contribution in [1.29, 1.82) is 0 Å². The highest BCUT2D eigenvalue weighted by atomic mass is 35.5. The maximum absolute atomic E-state index is 5.86. The molecule has 1 aromatic carbocycles. The average molecular weight is 315 g/mol. The van der Waals surface area contributed by atoms with Crippen LogP contribution in [0.3, 0.4) is 0 Å². The van der Waals surface area contributed by atoms with E-state index in [0.29, 0.717) is 0 Å². The van der Waals surface area contributed by atoms with Gasteiger partial charge in [-0.1, -0.05) is 11.6 Å². The Morgan fingerprint density at radius 2 is 1.70 bits per heavy atom. The van der Waals surface area contributed by atoms with Gasteiger partial charge in [0.1, 0.15) is 6.54 Å². The van der Waals surface area contributed by atoms with E-state index in [9.17, 15) is 0 Å². The largest absolute Gasteiger partial charge is 0.375 e. The van der Waals surface area contributed by atoms with Crippen molar-refractivity contribution in [3.05, 3.63) is 29.3 Å². The van der Waals surface area contributed by atoms with Crippen molar-refractivity contribution in [2.45, 2.75) is 30.6 Å². The minimum atomic E-state index is 0.797. The third-order valence-electron chi connectivity index (χ3n) is 3.72. The Hall–Kier alpha value is -0.220. The van der Waals surface area contributed by atoms with Crippen LogP contribution < -0.4 is 4.90 Å². The zero-order valence-electron chi connectivity index (χ0n) is 12.1. The van der Waals surface area contributed by atoms with E-state index >= 15 is 0 Å². The molecule has 1 aliphatic heterocycles. The lowest BCUT2D eigenvalue weighted by molar-refractivity contribution is -0.899. The Balaban J connectivity index is 1.50. The summed E-state index contributed by atoms with van der Waals surface area (Å²) in [6.45, 7) is 5.58. The number of ether oxygens (including phenoxy) is 1. The number of likely N-dealkylation sites (tertiary alicyclic amines) is 1. The molecule has 0 aliphatic carbocycles. The van der Waals surface area contributed by atoms with E-state index in [4.69, 9.17) is 16.3 Å². The SMILES string of the molecule is Clc1ccc(SCCOCC[NH+]2CCCCCC2)cc1. The fourth-order valence-electron chi connectivity index (χ4n) is 2.55. The molecule has 0 atom stereocenters. The second kappa shape index (κ2) is 9.67. The molecule has 20 heavy (non-hydrogen) atoms. The molecule has 2 rings (SSSR count). The highest BCUT2D eigenvalue weighted by Gasteiger charge is 2.11. The van der Waals surface area contributed by atoms with Gasteiger partial charge in [-0.05, 0) is 49.9 Å². The van der Waals surface area contributed by atoms with Crippen LogP contribution in [0.4, 0.5) is 0 Å². The lowest BCUT2D eigenvalue weighted by atomic mass is 10.2. The summed E-state index contributed by atoms with van der Waals surface area (Å²) < 4.78 is 5.75. The molecule has 1 heterocycles. The number of rotatable bonds is 7. The van der Waals surface area contributed by atoms with E-state index < -0.39 is 0 Å². The summed E-state index contributed by atoms with van der Waals surface area (Å²) in [6, 6.07) is 8.00. The second-order valence-electron chi connectivity index (χ2n) is 5.33. The number of hydrogen-bond acceptors (Lipinski definition) is 2. The van der Waals surface area contributed by atoms with Crippen molar-refractivity contribution in [3.8, 4) is 0 Å². The summed E-state index contributed by atoms with van der Waals surface area (Å²) in [6.07, 6.45) is 5.62. The molecule has 112 valence electrons. The van der Waals surface area contributed by atoms with E-state index in [0.717, 1.165) is 24.0 Å². The molecule has 1 saturated heterocycles. The van der Waals surface area contributed by atoms with Crippen molar-refractivity contribution in [1.82, 2.24) is 0 Å². The predicted octanol–water partition coefficient (Wildman–Crippen LogP) is 2.91. The first kappa shape index (κ1) is 16.2. The lowest BCUT2D eigenvalue weighted by Crippen LogP contribution is -3.12. The first-order valence-electron chi connectivity index (χ1n) is 7.64. The Bertz CT molecular complexity index is 363. The van der Waals surface area contributed by atoms with Gasteiger partial charge in [-0.15, -0.1) is 11.8 Å². The molecule has 1 N–H and O–H groups in total. The smallest absolute Gasteiger partial charge is 0.101 e. The second-order valence-corrected chi connectivity index (χ2v) is 6.93. The van der Waals surface area contributed by atoms with Gasteiger partial charge < -0.3 is 9.64 Å². The first-order chi connectivity index (χ1) is 9.84. The van der Waals surface area contributed by atoms with Crippen LogP contribution in [0.1, 0.15) is 25.7 Å². The van der Waals surface area contributed by atoms with E-state index in [1.165, 1.54) is 50.2 Å². The zero-order valence-corrected chi connectivity index (χ0v) is 13.6. The van der Waals surface area contributed by atoms with Crippen LogP contribution in [0.25, 0.3) is 0 Å². The predicted molar refractivity (Wildman–Crippen MR) is 87.0 cm³/mol. The van der Waals surface area contributed by atoms with Crippen LogP contribution in [0.15, 0.2) is 29.2 Å². The molecule has 4 heteroatoms. The van der Waals surface area contributed by atoms with Gasteiger partial charge in [-0.2, -0.15) is 0 Å². The lowest BCUT2D eigenvalue weighted by Gasteiger charge is -2.16. The topological polar surface area (TPSA) is 13.7 Å². The van der Waals surface area contributed by atoms with Crippen LogP contribution in [-0.2, 0) is 4.74 Å². The zero-order chi connectivity index (χ0) is 14.0. The van der Waals surface area contributed by atoms with Gasteiger partial charge in [0.2, 0.25) is 0 Å². The summed E-state index contributed by atoms with van der Waals surface area (Å²) in [5.41, 5.74) is 0. The van der Waals surface area contributed by atoms with E-state index in [1.807, 2.05) is 23.9 Å². The molecule has 0 unspecified atom stereocenters. The van der Waals surface area contributed by atoms with E-state index in [-0.39, 0.29) is 0 Å². The third kappa shape index (κ3) is 6.49. The molecule has 0 bridgehead atoms. The summed E-state index contributed by atoms with van der Waals surface area (Å²) in [5.74, 6) is 1.01.